The molecule has 0 aliphatic carbocycles. The molecule has 1 atom stereocenters. The van der Waals surface area contributed by atoms with Gasteiger partial charge in [-0.15, -0.1) is 0 Å². The van der Waals surface area contributed by atoms with Gasteiger partial charge in [0.2, 0.25) is 5.91 Å². The van der Waals surface area contributed by atoms with E-state index in [0.717, 1.165) is 6.61 Å². The smallest absolute Gasteiger partial charge is 0.239 e. The lowest BCUT2D eigenvalue weighted by Crippen LogP contribution is -2.60. The topological polar surface area (TPSA) is 50.4 Å². The zero-order valence-corrected chi connectivity index (χ0v) is 10.7. The Hall–Kier alpha value is -1.39. The van der Waals surface area contributed by atoms with Crippen LogP contribution in [0.3, 0.4) is 0 Å². The van der Waals surface area contributed by atoms with E-state index in [0.29, 0.717) is 13.2 Å². The fraction of sp³-hybridized carbons (Fsp3) is 0.500. The first-order valence-electron chi connectivity index (χ1n) is 6.32. The highest BCUT2D eigenvalue weighted by Gasteiger charge is 2.35. The summed E-state index contributed by atoms with van der Waals surface area (Å²) in [6.45, 7) is 5.87. The summed E-state index contributed by atoms with van der Waals surface area (Å²) >= 11 is 0. The van der Waals surface area contributed by atoms with Crippen molar-refractivity contribution in [2.75, 3.05) is 6.54 Å². The summed E-state index contributed by atoms with van der Waals surface area (Å²) in [7, 11) is 0. The molecule has 1 fully saturated rings. The monoisotopic (exact) mass is 246 g/mol. The van der Waals surface area contributed by atoms with Crippen molar-refractivity contribution < 1.29 is 9.53 Å². The summed E-state index contributed by atoms with van der Waals surface area (Å²) in [5.74, 6) is 0.0586. The predicted molar refractivity (Wildman–Crippen MR) is 67.9 cm³/mol. The molecule has 1 amide bonds. The molecule has 1 aromatic carbocycles. The van der Waals surface area contributed by atoms with Crippen molar-refractivity contribution >= 4 is 5.91 Å². The maximum absolute atomic E-state index is 11.7. The van der Waals surface area contributed by atoms with E-state index < -0.39 is 5.54 Å². The van der Waals surface area contributed by atoms with Crippen molar-refractivity contribution in [1.82, 2.24) is 10.6 Å². The molecule has 3 rings (SSSR count). The van der Waals surface area contributed by atoms with E-state index in [1.807, 2.05) is 13.8 Å². The van der Waals surface area contributed by atoms with Gasteiger partial charge in [0.25, 0.3) is 0 Å². The standard InChI is InChI=1S/C14H18N2O2/c1-14(2)13(17)15-6-12(16-14)9-3-4-10-7-18-8-11(10)5-9/h3-5,12,16H,6-8H2,1-2H3,(H,15,17). The van der Waals surface area contributed by atoms with Crippen molar-refractivity contribution in [1.29, 1.82) is 0 Å². The average molecular weight is 246 g/mol. The SMILES string of the molecule is CC1(C)NC(c2ccc3c(c2)COC3)CNC1=O. The number of carbonyl (C=O) groups excluding carboxylic acids is 1. The molecule has 1 unspecified atom stereocenters. The van der Waals surface area contributed by atoms with Crippen molar-refractivity contribution in [3.05, 3.63) is 34.9 Å². The van der Waals surface area contributed by atoms with Crippen LogP contribution in [0.15, 0.2) is 18.2 Å². The molecule has 18 heavy (non-hydrogen) atoms. The fourth-order valence-electron chi connectivity index (χ4n) is 2.58. The third-order valence-corrected chi connectivity index (χ3v) is 3.72. The molecule has 2 heterocycles. The highest BCUT2D eigenvalue weighted by atomic mass is 16.5. The molecule has 0 radical (unpaired) electrons. The Kier molecular flexibility index (Phi) is 2.64. The zero-order valence-electron chi connectivity index (χ0n) is 10.7. The second kappa shape index (κ2) is 4.07. The first-order valence-corrected chi connectivity index (χ1v) is 6.32. The third kappa shape index (κ3) is 1.91. The Labute approximate surface area is 107 Å². The fourth-order valence-corrected chi connectivity index (χ4v) is 2.58. The van der Waals surface area contributed by atoms with Gasteiger partial charge in [-0.3, -0.25) is 10.1 Å². The highest BCUT2D eigenvalue weighted by molar-refractivity contribution is 5.86. The van der Waals surface area contributed by atoms with Gasteiger partial charge in [-0.05, 0) is 30.5 Å². The van der Waals surface area contributed by atoms with E-state index in [1.54, 1.807) is 0 Å². The Morgan fingerprint density at radius 3 is 2.83 bits per heavy atom. The van der Waals surface area contributed by atoms with Crippen LogP contribution in [0.5, 0.6) is 0 Å². The molecule has 4 heteroatoms. The van der Waals surface area contributed by atoms with Crippen molar-refractivity contribution in [3.8, 4) is 0 Å². The molecule has 4 nitrogen and oxygen atoms in total. The minimum absolute atomic E-state index is 0.0586. The Bertz CT molecular complexity index is 497. The minimum atomic E-state index is -0.515. The number of fused-ring (bicyclic) bond motifs is 1. The summed E-state index contributed by atoms with van der Waals surface area (Å²) in [6, 6.07) is 6.61. The Balaban J connectivity index is 1.85. The molecule has 1 aromatic rings. The quantitative estimate of drug-likeness (QED) is 0.784. The summed E-state index contributed by atoms with van der Waals surface area (Å²) in [5, 5.41) is 6.35. The van der Waals surface area contributed by atoms with Crippen molar-refractivity contribution in [2.24, 2.45) is 0 Å². The van der Waals surface area contributed by atoms with Crippen LogP contribution in [-0.4, -0.2) is 18.0 Å². The van der Waals surface area contributed by atoms with Gasteiger partial charge in [-0.25, -0.2) is 0 Å². The minimum Gasteiger partial charge on any atom is -0.372 e. The van der Waals surface area contributed by atoms with Gasteiger partial charge in [0, 0.05) is 6.54 Å². The Morgan fingerprint density at radius 1 is 1.28 bits per heavy atom. The molecule has 1 saturated heterocycles. The van der Waals surface area contributed by atoms with Crippen LogP contribution in [0.25, 0.3) is 0 Å². The lowest BCUT2D eigenvalue weighted by atomic mass is 9.94. The van der Waals surface area contributed by atoms with Crippen LogP contribution in [0.2, 0.25) is 0 Å². The van der Waals surface area contributed by atoms with Crippen LogP contribution in [0.4, 0.5) is 0 Å². The third-order valence-electron chi connectivity index (χ3n) is 3.72. The van der Waals surface area contributed by atoms with Crippen molar-refractivity contribution in [3.63, 3.8) is 0 Å². The summed E-state index contributed by atoms with van der Waals surface area (Å²) in [4.78, 5) is 11.7. The van der Waals surface area contributed by atoms with Crippen LogP contribution in [0, 0.1) is 0 Å². The first kappa shape index (κ1) is 11.7. The Morgan fingerprint density at radius 2 is 2.06 bits per heavy atom. The molecule has 0 saturated carbocycles. The number of piperazine rings is 1. The maximum atomic E-state index is 11.7. The van der Waals surface area contributed by atoms with Gasteiger partial charge in [0.15, 0.2) is 0 Å². The number of nitrogens with one attached hydrogen (secondary N) is 2. The molecule has 2 N–H and O–H groups in total. The van der Waals surface area contributed by atoms with Gasteiger partial charge >= 0.3 is 0 Å². The number of hydrogen-bond acceptors (Lipinski definition) is 3. The predicted octanol–water partition coefficient (Wildman–Crippen LogP) is 1.26. The normalized spacial score (nSPS) is 25.7. The molecule has 0 spiro atoms. The van der Waals surface area contributed by atoms with Gasteiger partial charge < -0.3 is 10.1 Å². The largest absolute Gasteiger partial charge is 0.372 e. The second-order valence-electron chi connectivity index (χ2n) is 5.55. The van der Waals surface area contributed by atoms with Crippen molar-refractivity contribution in [2.45, 2.75) is 38.6 Å². The zero-order chi connectivity index (χ0) is 12.8. The van der Waals surface area contributed by atoms with Gasteiger partial charge in [-0.1, -0.05) is 18.2 Å². The molecule has 2 aliphatic heterocycles. The van der Waals surface area contributed by atoms with E-state index in [1.165, 1.54) is 16.7 Å². The highest BCUT2D eigenvalue weighted by Crippen LogP contribution is 2.26. The summed E-state index contributed by atoms with van der Waals surface area (Å²) < 4.78 is 5.43. The first-order chi connectivity index (χ1) is 8.56. The van der Waals surface area contributed by atoms with E-state index in [9.17, 15) is 4.79 Å². The summed E-state index contributed by atoms with van der Waals surface area (Å²) in [5.41, 5.74) is 3.24. The molecule has 0 bridgehead atoms. The molecule has 2 aliphatic rings. The number of amides is 1. The second-order valence-corrected chi connectivity index (χ2v) is 5.55. The van der Waals surface area contributed by atoms with Gasteiger partial charge in [0.05, 0.1) is 24.8 Å². The molecular formula is C14H18N2O2. The number of benzene rings is 1. The number of rotatable bonds is 1. The van der Waals surface area contributed by atoms with E-state index >= 15 is 0 Å². The van der Waals surface area contributed by atoms with Gasteiger partial charge in [-0.2, -0.15) is 0 Å². The summed E-state index contributed by atoms with van der Waals surface area (Å²) in [6.07, 6.45) is 0. The lowest BCUT2D eigenvalue weighted by Gasteiger charge is -2.36. The molecular weight excluding hydrogens is 228 g/mol. The lowest BCUT2D eigenvalue weighted by molar-refractivity contribution is -0.128. The average Bonchev–Trinajstić information content (AvgIpc) is 2.79. The van der Waals surface area contributed by atoms with E-state index in [-0.39, 0.29) is 11.9 Å². The van der Waals surface area contributed by atoms with Gasteiger partial charge in [0.1, 0.15) is 0 Å². The van der Waals surface area contributed by atoms with Crippen LogP contribution >= 0.6 is 0 Å². The maximum Gasteiger partial charge on any atom is 0.239 e. The van der Waals surface area contributed by atoms with E-state index in [4.69, 9.17) is 4.74 Å². The van der Waals surface area contributed by atoms with E-state index in [2.05, 4.69) is 28.8 Å². The number of hydrogen-bond donors (Lipinski definition) is 2. The number of carbonyl (C=O) groups is 1. The number of ether oxygens (including phenoxy) is 1. The van der Waals surface area contributed by atoms with Crippen LogP contribution in [-0.2, 0) is 22.7 Å². The van der Waals surface area contributed by atoms with Crippen LogP contribution in [0.1, 0.15) is 36.6 Å². The molecule has 96 valence electrons. The van der Waals surface area contributed by atoms with Crippen LogP contribution < -0.4 is 10.6 Å². The molecule has 0 aromatic heterocycles.